The van der Waals surface area contributed by atoms with Crippen molar-refractivity contribution >= 4 is 10.1 Å². The molecule has 0 radical (unpaired) electrons. The van der Waals surface area contributed by atoms with E-state index in [2.05, 4.69) is 0 Å². The lowest BCUT2D eigenvalue weighted by molar-refractivity contribution is -0.0636. The van der Waals surface area contributed by atoms with Crippen molar-refractivity contribution in [2.75, 3.05) is 25.4 Å². The Hall–Kier alpha value is -0.270. The summed E-state index contributed by atoms with van der Waals surface area (Å²) in [6.07, 6.45) is 0.523. The molecule has 0 saturated carbocycles. The zero-order valence-electron chi connectivity index (χ0n) is 8.32. The van der Waals surface area contributed by atoms with Crippen LogP contribution >= 0.6 is 0 Å². The molecule has 7 heteroatoms. The Bertz CT molecular complexity index is 305. The topological polar surface area (TPSA) is 57.6 Å². The number of rotatable bonds is 4. The van der Waals surface area contributed by atoms with Gasteiger partial charge in [0.15, 0.2) is 0 Å². The minimum absolute atomic E-state index is 0.0954. The van der Waals surface area contributed by atoms with E-state index in [1.165, 1.54) is 4.90 Å². The normalized spacial score (nSPS) is 22.9. The van der Waals surface area contributed by atoms with Gasteiger partial charge in [0.1, 0.15) is 0 Å². The predicted molar refractivity (Wildman–Crippen MR) is 51.7 cm³/mol. The fourth-order valence-electron chi connectivity index (χ4n) is 1.71. The van der Waals surface area contributed by atoms with Crippen LogP contribution in [0.2, 0.25) is 0 Å². The van der Waals surface area contributed by atoms with Crippen LogP contribution < -0.4 is 0 Å². The lowest BCUT2D eigenvalue weighted by atomic mass is 10.1. The summed E-state index contributed by atoms with van der Waals surface area (Å²) in [6.45, 7) is 0.551. The average Bonchev–Trinajstić information content (AvgIpc) is 1.99. The van der Waals surface area contributed by atoms with Crippen molar-refractivity contribution in [3.8, 4) is 0 Å². The highest BCUT2D eigenvalue weighted by atomic mass is 32.2. The first-order valence-corrected chi connectivity index (χ1v) is 6.45. The first-order valence-electron chi connectivity index (χ1n) is 4.84. The van der Waals surface area contributed by atoms with E-state index in [-0.39, 0.29) is 31.7 Å². The van der Waals surface area contributed by atoms with Crippen LogP contribution in [-0.4, -0.2) is 49.2 Å². The Balaban J connectivity index is 2.28. The molecule has 0 aliphatic carbocycles. The second-order valence-electron chi connectivity index (χ2n) is 3.88. The van der Waals surface area contributed by atoms with Crippen LogP contribution in [0.4, 0.5) is 8.78 Å². The van der Waals surface area contributed by atoms with Crippen LogP contribution in [-0.2, 0) is 10.1 Å². The number of nitrogens with zero attached hydrogens (tertiary/aromatic N) is 1. The third-order valence-electron chi connectivity index (χ3n) is 2.35. The highest BCUT2D eigenvalue weighted by Crippen LogP contribution is 2.26. The average molecular weight is 243 g/mol. The summed E-state index contributed by atoms with van der Waals surface area (Å²) >= 11 is 0. The van der Waals surface area contributed by atoms with Gasteiger partial charge in [-0.05, 0) is 25.9 Å². The van der Waals surface area contributed by atoms with Crippen molar-refractivity contribution in [3.63, 3.8) is 0 Å². The largest absolute Gasteiger partial charge is 0.297 e. The van der Waals surface area contributed by atoms with E-state index >= 15 is 0 Å². The van der Waals surface area contributed by atoms with Crippen molar-refractivity contribution in [1.82, 2.24) is 4.90 Å². The standard InChI is InChI=1S/C8H15F2NO3S/c9-8(10)3-1-4-11(7-8)5-2-6-15(12,13)14/h1-7H2,(H,12,13,14). The fourth-order valence-corrected chi connectivity index (χ4v) is 2.20. The molecule has 0 bridgehead atoms. The molecule has 15 heavy (non-hydrogen) atoms. The summed E-state index contributed by atoms with van der Waals surface area (Å²) in [5, 5.41) is 0. The van der Waals surface area contributed by atoms with Gasteiger partial charge in [0, 0.05) is 6.42 Å². The molecule has 0 aromatic rings. The number of hydrogen-bond acceptors (Lipinski definition) is 3. The monoisotopic (exact) mass is 243 g/mol. The summed E-state index contributed by atoms with van der Waals surface area (Å²) in [7, 11) is -3.97. The molecule has 0 aromatic heterocycles. The second-order valence-corrected chi connectivity index (χ2v) is 5.45. The molecule has 0 atom stereocenters. The van der Waals surface area contributed by atoms with Crippen LogP contribution in [0.25, 0.3) is 0 Å². The van der Waals surface area contributed by atoms with Gasteiger partial charge < -0.3 is 0 Å². The van der Waals surface area contributed by atoms with Gasteiger partial charge >= 0.3 is 0 Å². The molecule has 4 nitrogen and oxygen atoms in total. The Labute approximate surface area is 88.0 Å². The first kappa shape index (κ1) is 12.8. The van der Waals surface area contributed by atoms with Gasteiger partial charge in [0.05, 0.1) is 12.3 Å². The van der Waals surface area contributed by atoms with Gasteiger partial charge in [-0.15, -0.1) is 0 Å². The summed E-state index contributed by atoms with van der Waals surface area (Å²) < 4.78 is 55.0. The van der Waals surface area contributed by atoms with E-state index in [9.17, 15) is 17.2 Å². The number of hydrogen-bond donors (Lipinski definition) is 1. The van der Waals surface area contributed by atoms with E-state index in [0.717, 1.165) is 0 Å². The maximum absolute atomic E-state index is 12.9. The van der Waals surface area contributed by atoms with Crippen molar-refractivity contribution < 1.29 is 21.8 Å². The maximum Gasteiger partial charge on any atom is 0.264 e. The van der Waals surface area contributed by atoms with Crippen LogP contribution in [0.15, 0.2) is 0 Å². The number of halogens is 2. The van der Waals surface area contributed by atoms with E-state index in [4.69, 9.17) is 4.55 Å². The summed E-state index contributed by atoms with van der Waals surface area (Å²) in [5.41, 5.74) is 0. The second kappa shape index (κ2) is 4.71. The maximum atomic E-state index is 12.9. The van der Waals surface area contributed by atoms with Gasteiger partial charge in [0.2, 0.25) is 0 Å². The molecule has 1 rings (SSSR count). The van der Waals surface area contributed by atoms with Crippen molar-refractivity contribution in [3.05, 3.63) is 0 Å². The lowest BCUT2D eigenvalue weighted by Crippen LogP contribution is -2.43. The molecule has 1 aliphatic heterocycles. The van der Waals surface area contributed by atoms with Gasteiger partial charge in [-0.2, -0.15) is 8.42 Å². The highest BCUT2D eigenvalue weighted by molar-refractivity contribution is 7.85. The molecule has 1 saturated heterocycles. The van der Waals surface area contributed by atoms with Crippen molar-refractivity contribution in [2.45, 2.75) is 25.2 Å². The quantitative estimate of drug-likeness (QED) is 0.748. The molecular weight excluding hydrogens is 228 g/mol. The zero-order valence-corrected chi connectivity index (χ0v) is 9.14. The Kier molecular flexibility index (Phi) is 4.02. The number of alkyl halides is 2. The lowest BCUT2D eigenvalue weighted by Gasteiger charge is -2.32. The summed E-state index contributed by atoms with van der Waals surface area (Å²) in [6, 6.07) is 0. The third kappa shape index (κ3) is 5.39. The van der Waals surface area contributed by atoms with Crippen LogP contribution in [0.3, 0.4) is 0 Å². The molecule has 1 heterocycles. The molecule has 1 fully saturated rings. The van der Waals surface area contributed by atoms with Crippen LogP contribution in [0.5, 0.6) is 0 Å². The molecule has 0 amide bonds. The smallest absolute Gasteiger partial charge is 0.264 e. The zero-order chi connectivity index (χ0) is 11.5. The fraction of sp³-hybridized carbons (Fsp3) is 1.00. The predicted octanol–water partition coefficient (Wildman–Crippen LogP) is 0.995. The SMILES string of the molecule is O=S(=O)(O)CCCN1CCCC(F)(F)C1. The van der Waals surface area contributed by atoms with Crippen molar-refractivity contribution in [2.24, 2.45) is 0 Å². The van der Waals surface area contributed by atoms with Gasteiger partial charge in [-0.1, -0.05) is 0 Å². The van der Waals surface area contributed by atoms with Crippen LogP contribution in [0.1, 0.15) is 19.3 Å². The Morgan fingerprint density at radius 3 is 2.60 bits per heavy atom. The number of likely N-dealkylation sites (tertiary alicyclic amines) is 1. The summed E-state index contributed by atoms with van der Waals surface area (Å²) in [4.78, 5) is 1.54. The van der Waals surface area contributed by atoms with Gasteiger partial charge in [-0.25, -0.2) is 8.78 Å². The molecule has 90 valence electrons. The molecular formula is C8H15F2NO3S. The third-order valence-corrected chi connectivity index (χ3v) is 3.15. The number of piperidine rings is 1. The first-order chi connectivity index (χ1) is 6.79. The van der Waals surface area contributed by atoms with E-state index < -0.39 is 16.0 Å². The molecule has 0 spiro atoms. The van der Waals surface area contributed by atoms with E-state index in [1.807, 2.05) is 0 Å². The molecule has 0 unspecified atom stereocenters. The van der Waals surface area contributed by atoms with E-state index in [0.29, 0.717) is 13.0 Å². The summed E-state index contributed by atoms with van der Waals surface area (Å²) in [5.74, 6) is -3.02. The molecule has 1 aliphatic rings. The van der Waals surface area contributed by atoms with E-state index in [1.54, 1.807) is 0 Å². The molecule has 1 N–H and O–H groups in total. The Morgan fingerprint density at radius 2 is 2.07 bits per heavy atom. The minimum atomic E-state index is -3.97. The van der Waals surface area contributed by atoms with Gasteiger partial charge in [0.25, 0.3) is 16.0 Å². The van der Waals surface area contributed by atoms with Crippen molar-refractivity contribution in [1.29, 1.82) is 0 Å². The Morgan fingerprint density at radius 1 is 1.40 bits per heavy atom. The molecule has 0 aromatic carbocycles. The van der Waals surface area contributed by atoms with Gasteiger partial charge in [-0.3, -0.25) is 9.45 Å². The van der Waals surface area contributed by atoms with Crippen LogP contribution in [0, 0.1) is 0 Å². The minimum Gasteiger partial charge on any atom is -0.297 e. The highest BCUT2D eigenvalue weighted by Gasteiger charge is 2.34.